The SMILES string of the molecule is Cl.O=C(c1nc2ncc(Br)cn2n1)N1CC[C@@H]2CNC[C@@H]2CC1. The number of amides is 1. The number of likely N-dealkylation sites (tertiary alicyclic amines) is 1. The van der Waals surface area contributed by atoms with Crippen molar-refractivity contribution in [3.05, 3.63) is 22.7 Å². The highest BCUT2D eigenvalue weighted by Gasteiger charge is 2.32. The maximum Gasteiger partial charge on any atom is 0.293 e. The number of nitrogens with zero attached hydrogens (tertiary/aromatic N) is 5. The molecule has 23 heavy (non-hydrogen) atoms. The quantitative estimate of drug-likeness (QED) is 0.781. The van der Waals surface area contributed by atoms with Crippen molar-refractivity contribution in [2.24, 2.45) is 11.8 Å². The predicted octanol–water partition coefficient (Wildman–Crippen LogP) is 1.38. The molecule has 1 N–H and O–H groups in total. The van der Waals surface area contributed by atoms with E-state index in [0.29, 0.717) is 17.6 Å². The van der Waals surface area contributed by atoms with Gasteiger partial charge in [-0.3, -0.25) is 4.79 Å². The molecular formula is C14H18BrClN6O. The van der Waals surface area contributed by atoms with Crippen molar-refractivity contribution >= 4 is 40.0 Å². The van der Waals surface area contributed by atoms with Gasteiger partial charge in [-0.25, -0.2) is 9.50 Å². The fourth-order valence-electron chi connectivity index (χ4n) is 3.41. The Morgan fingerprint density at radius 3 is 2.65 bits per heavy atom. The second-order valence-electron chi connectivity index (χ2n) is 6.00. The summed E-state index contributed by atoms with van der Waals surface area (Å²) in [6.45, 7) is 3.73. The zero-order chi connectivity index (χ0) is 15.1. The summed E-state index contributed by atoms with van der Waals surface area (Å²) >= 11 is 3.34. The van der Waals surface area contributed by atoms with Gasteiger partial charge in [-0.15, -0.1) is 17.5 Å². The fourth-order valence-corrected chi connectivity index (χ4v) is 3.71. The molecule has 124 valence electrons. The average molecular weight is 402 g/mol. The second kappa shape index (κ2) is 6.70. The van der Waals surface area contributed by atoms with Crippen molar-refractivity contribution in [2.75, 3.05) is 26.2 Å². The van der Waals surface area contributed by atoms with E-state index in [1.165, 1.54) is 4.52 Å². The number of hydrogen-bond donors (Lipinski definition) is 1. The second-order valence-corrected chi connectivity index (χ2v) is 6.92. The van der Waals surface area contributed by atoms with E-state index in [0.717, 1.165) is 43.5 Å². The summed E-state index contributed by atoms with van der Waals surface area (Å²) in [6.07, 6.45) is 5.52. The molecule has 2 aromatic heterocycles. The Hall–Kier alpha value is -1.25. The van der Waals surface area contributed by atoms with E-state index in [2.05, 4.69) is 36.3 Å². The van der Waals surface area contributed by atoms with Crippen molar-refractivity contribution < 1.29 is 4.79 Å². The van der Waals surface area contributed by atoms with Crippen molar-refractivity contribution in [2.45, 2.75) is 12.8 Å². The van der Waals surface area contributed by atoms with Gasteiger partial charge >= 0.3 is 0 Å². The van der Waals surface area contributed by atoms with Crippen LogP contribution in [-0.2, 0) is 0 Å². The molecule has 2 aliphatic rings. The van der Waals surface area contributed by atoms with Gasteiger partial charge in [0.05, 0.1) is 4.47 Å². The molecular weight excluding hydrogens is 384 g/mol. The Morgan fingerprint density at radius 1 is 1.26 bits per heavy atom. The van der Waals surface area contributed by atoms with Crippen LogP contribution in [-0.4, -0.2) is 56.6 Å². The Balaban J connectivity index is 0.00000156. The van der Waals surface area contributed by atoms with Crippen LogP contribution in [0.2, 0.25) is 0 Å². The third-order valence-electron chi connectivity index (χ3n) is 4.66. The lowest BCUT2D eigenvalue weighted by Crippen LogP contribution is -2.33. The standard InChI is InChI=1S/C14H17BrN6O.ClH/c15-11-7-17-14-18-12(19-21(14)8-11)13(22)20-3-1-9-5-16-6-10(9)2-4-20;/h7-10,16H,1-6H2;1H/t9-,10+;. The maximum atomic E-state index is 12.7. The monoisotopic (exact) mass is 400 g/mol. The number of hydrogen-bond acceptors (Lipinski definition) is 5. The molecule has 0 bridgehead atoms. The Kier molecular flexibility index (Phi) is 4.84. The zero-order valence-corrected chi connectivity index (χ0v) is 14.9. The topological polar surface area (TPSA) is 75.4 Å². The molecule has 2 aromatic rings. The minimum absolute atomic E-state index is 0. The van der Waals surface area contributed by atoms with Crippen LogP contribution in [0.1, 0.15) is 23.5 Å². The minimum atomic E-state index is -0.0884. The number of fused-ring (bicyclic) bond motifs is 2. The van der Waals surface area contributed by atoms with Gasteiger partial charge in [-0.05, 0) is 53.7 Å². The van der Waals surface area contributed by atoms with E-state index < -0.39 is 0 Å². The van der Waals surface area contributed by atoms with E-state index in [-0.39, 0.29) is 24.1 Å². The summed E-state index contributed by atoms with van der Waals surface area (Å²) in [5, 5.41) is 7.71. The minimum Gasteiger partial charge on any atom is -0.336 e. The van der Waals surface area contributed by atoms with Crippen molar-refractivity contribution in [1.82, 2.24) is 29.8 Å². The molecule has 2 fully saturated rings. The van der Waals surface area contributed by atoms with Crippen LogP contribution < -0.4 is 5.32 Å². The summed E-state index contributed by atoms with van der Waals surface area (Å²) < 4.78 is 2.34. The third-order valence-corrected chi connectivity index (χ3v) is 5.07. The van der Waals surface area contributed by atoms with Crippen LogP contribution in [0, 0.1) is 11.8 Å². The van der Waals surface area contributed by atoms with E-state index in [1.54, 1.807) is 12.4 Å². The summed E-state index contributed by atoms with van der Waals surface area (Å²) in [5.74, 6) is 1.99. The van der Waals surface area contributed by atoms with Gasteiger partial charge in [0.15, 0.2) is 0 Å². The van der Waals surface area contributed by atoms with Gasteiger partial charge in [-0.2, -0.15) is 4.98 Å². The van der Waals surface area contributed by atoms with E-state index in [4.69, 9.17) is 0 Å². The first kappa shape index (κ1) is 16.6. The molecule has 2 atom stereocenters. The van der Waals surface area contributed by atoms with Crippen LogP contribution in [0.5, 0.6) is 0 Å². The van der Waals surface area contributed by atoms with E-state index in [1.807, 2.05) is 4.90 Å². The Bertz CT molecular complexity index is 708. The summed E-state index contributed by atoms with van der Waals surface area (Å²) in [6, 6.07) is 0. The lowest BCUT2D eigenvalue weighted by molar-refractivity contribution is 0.0746. The van der Waals surface area contributed by atoms with Gasteiger partial charge in [0.1, 0.15) is 0 Å². The van der Waals surface area contributed by atoms with Gasteiger partial charge in [-0.1, -0.05) is 0 Å². The first-order valence-corrected chi connectivity index (χ1v) is 8.38. The number of aromatic nitrogens is 4. The van der Waals surface area contributed by atoms with Gasteiger partial charge < -0.3 is 10.2 Å². The highest BCUT2D eigenvalue weighted by atomic mass is 79.9. The van der Waals surface area contributed by atoms with E-state index in [9.17, 15) is 4.79 Å². The number of rotatable bonds is 1. The first-order valence-electron chi connectivity index (χ1n) is 7.58. The van der Waals surface area contributed by atoms with Crippen molar-refractivity contribution in [3.8, 4) is 0 Å². The number of carbonyl (C=O) groups is 1. The molecule has 0 aromatic carbocycles. The maximum absolute atomic E-state index is 12.7. The number of carbonyl (C=O) groups excluding carboxylic acids is 1. The molecule has 0 unspecified atom stereocenters. The van der Waals surface area contributed by atoms with Crippen LogP contribution in [0.4, 0.5) is 0 Å². The fraction of sp³-hybridized carbons (Fsp3) is 0.571. The highest BCUT2D eigenvalue weighted by molar-refractivity contribution is 9.10. The lowest BCUT2D eigenvalue weighted by Gasteiger charge is -2.18. The third kappa shape index (κ3) is 3.20. The largest absolute Gasteiger partial charge is 0.336 e. The van der Waals surface area contributed by atoms with E-state index >= 15 is 0 Å². The van der Waals surface area contributed by atoms with Crippen LogP contribution in [0.25, 0.3) is 5.78 Å². The van der Waals surface area contributed by atoms with Gasteiger partial charge in [0.2, 0.25) is 5.82 Å². The molecule has 0 saturated carbocycles. The molecule has 0 aliphatic carbocycles. The van der Waals surface area contributed by atoms with Crippen LogP contribution in [0.15, 0.2) is 16.9 Å². The normalized spacial score (nSPS) is 24.1. The molecule has 0 spiro atoms. The predicted molar refractivity (Wildman–Crippen MR) is 90.7 cm³/mol. The first-order chi connectivity index (χ1) is 10.7. The smallest absolute Gasteiger partial charge is 0.293 e. The Labute approximate surface area is 148 Å². The number of halogens is 2. The molecule has 4 heterocycles. The Morgan fingerprint density at radius 2 is 1.96 bits per heavy atom. The summed E-state index contributed by atoms with van der Waals surface area (Å²) in [5.41, 5.74) is 0. The molecule has 4 rings (SSSR count). The van der Waals surface area contributed by atoms with Gasteiger partial charge in [0, 0.05) is 25.5 Å². The van der Waals surface area contributed by atoms with Crippen molar-refractivity contribution in [1.29, 1.82) is 0 Å². The highest BCUT2D eigenvalue weighted by Crippen LogP contribution is 2.27. The van der Waals surface area contributed by atoms with Crippen molar-refractivity contribution in [3.63, 3.8) is 0 Å². The van der Waals surface area contributed by atoms with Crippen LogP contribution >= 0.6 is 28.3 Å². The molecule has 0 radical (unpaired) electrons. The molecule has 7 nitrogen and oxygen atoms in total. The average Bonchev–Trinajstić information content (AvgIpc) is 3.08. The molecule has 9 heteroatoms. The van der Waals surface area contributed by atoms with Gasteiger partial charge in [0.25, 0.3) is 11.7 Å². The van der Waals surface area contributed by atoms with Crippen LogP contribution in [0.3, 0.4) is 0 Å². The number of nitrogens with one attached hydrogen (secondary N) is 1. The molecule has 2 aliphatic heterocycles. The summed E-state index contributed by atoms with van der Waals surface area (Å²) in [4.78, 5) is 23.0. The molecule has 2 saturated heterocycles. The lowest BCUT2D eigenvalue weighted by atomic mass is 9.92. The zero-order valence-electron chi connectivity index (χ0n) is 12.5. The molecule has 1 amide bonds. The summed E-state index contributed by atoms with van der Waals surface area (Å²) in [7, 11) is 0.